The zero-order valence-electron chi connectivity index (χ0n) is 9.61. The smallest absolute Gasteiger partial charge is 0.155 e. The van der Waals surface area contributed by atoms with E-state index in [1.165, 1.54) is 6.33 Å². The summed E-state index contributed by atoms with van der Waals surface area (Å²) in [6.07, 6.45) is 5.35. The Kier molecular flexibility index (Phi) is 3.16. The maximum absolute atomic E-state index is 9.09. The quantitative estimate of drug-likeness (QED) is 0.770. The second-order valence-electron chi connectivity index (χ2n) is 4.35. The van der Waals surface area contributed by atoms with Gasteiger partial charge in [-0.25, -0.2) is 14.6 Å². The molecule has 6 heteroatoms. The third kappa shape index (κ3) is 2.86. The Labute approximate surface area is 99.1 Å². The van der Waals surface area contributed by atoms with Crippen LogP contribution >= 0.6 is 0 Å². The van der Waals surface area contributed by atoms with Gasteiger partial charge in [-0.15, -0.1) is 0 Å². The molecule has 0 radical (unpaired) electrons. The van der Waals surface area contributed by atoms with Gasteiger partial charge in [-0.2, -0.15) is 5.10 Å². The number of nitrogens with two attached hydrogens (primary N) is 1. The summed E-state index contributed by atoms with van der Waals surface area (Å²) in [6.45, 7) is 1.75. The monoisotopic (exact) mass is 233 g/mol. The van der Waals surface area contributed by atoms with E-state index in [1.807, 2.05) is 12.1 Å². The van der Waals surface area contributed by atoms with Gasteiger partial charge in [0.05, 0.1) is 6.61 Å². The summed E-state index contributed by atoms with van der Waals surface area (Å²) in [6, 6.07) is 3.77. The van der Waals surface area contributed by atoms with Crippen LogP contribution in [0.3, 0.4) is 0 Å². The van der Waals surface area contributed by atoms with Crippen LogP contribution in [-0.4, -0.2) is 37.0 Å². The van der Waals surface area contributed by atoms with Gasteiger partial charge in [0, 0.05) is 11.7 Å². The van der Waals surface area contributed by atoms with Gasteiger partial charge in [0.25, 0.3) is 0 Å². The Morgan fingerprint density at radius 1 is 1.47 bits per heavy atom. The van der Waals surface area contributed by atoms with Gasteiger partial charge < -0.3 is 10.8 Å². The number of hydrogen-bond acceptors (Lipinski definition) is 5. The van der Waals surface area contributed by atoms with Crippen molar-refractivity contribution in [2.24, 2.45) is 5.73 Å². The molecule has 1 atom stereocenters. The first-order valence-electron chi connectivity index (χ1n) is 5.30. The van der Waals surface area contributed by atoms with Crippen LogP contribution < -0.4 is 5.73 Å². The van der Waals surface area contributed by atoms with Gasteiger partial charge in [0.1, 0.15) is 12.7 Å². The van der Waals surface area contributed by atoms with Crippen LogP contribution in [0.1, 0.15) is 12.5 Å². The molecule has 0 aliphatic rings. The minimum Gasteiger partial charge on any atom is -0.394 e. The topological polar surface area (TPSA) is 89.8 Å². The van der Waals surface area contributed by atoms with Crippen LogP contribution in [-0.2, 0) is 6.42 Å². The molecular weight excluding hydrogens is 218 g/mol. The highest BCUT2D eigenvalue weighted by atomic mass is 16.3. The molecule has 2 aromatic heterocycles. The molecule has 90 valence electrons. The number of nitrogens with zero attached hydrogens (tertiary/aromatic N) is 4. The summed E-state index contributed by atoms with van der Waals surface area (Å²) in [5.74, 6) is 0.703. The lowest BCUT2D eigenvalue weighted by atomic mass is 9.96. The molecule has 0 amide bonds. The molecule has 2 rings (SSSR count). The van der Waals surface area contributed by atoms with Crippen molar-refractivity contribution in [3.63, 3.8) is 0 Å². The van der Waals surface area contributed by atoms with Crippen molar-refractivity contribution in [3.05, 3.63) is 36.5 Å². The number of aliphatic hydroxyl groups is 1. The van der Waals surface area contributed by atoms with Crippen molar-refractivity contribution in [3.8, 4) is 5.82 Å². The minimum absolute atomic E-state index is 0.0577. The van der Waals surface area contributed by atoms with E-state index in [9.17, 15) is 0 Å². The fraction of sp³-hybridized carbons (Fsp3) is 0.364. The molecule has 2 aromatic rings. The van der Waals surface area contributed by atoms with Gasteiger partial charge in [0.15, 0.2) is 5.82 Å². The molecule has 0 saturated carbocycles. The first kappa shape index (κ1) is 11.7. The molecule has 3 N–H and O–H groups in total. The van der Waals surface area contributed by atoms with Gasteiger partial charge in [-0.3, -0.25) is 0 Å². The Hall–Kier alpha value is -1.79. The molecule has 0 bridgehead atoms. The van der Waals surface area contributed by atoms with Crippen molar-refractivity contribution in [2.75, 3.05) is 6.61 Å². The summed E-state index contributed by atoms with van der Waals surface area (Å²) in [4.78, 5) is 8.12. The predicted octanol–water partition coefficient (Wildman–Crippen LogP) is -0.0855. The number of rotatable bonds is 4. The van der Waals surface area contributed by atoms with Crippen molar-refractivity contribution < 1.29 is 5.11 Å². The van der Waals surface area contributed by atoms with Gasteiger partial charge in [-0.05, 0) is 25.0 Å². The molecule has 0 aromatic carbocycles. The first-order chi connectivity index (χ1) is 8.11. The summed E-state index contributed by atoms with van der Waals surface area (Å²) >= 11 is 0. The van der Waals surface area contributed by atoms with Crippen LogP contribution in [0.25, 0.3) is 5.82 Å². The summed E-state index contributed by atoms with van der Waals surface area (Å²) in [5, 5.41) is 13.1. The van der Waals surface area contributed by atoms with E-state index < -0.39 is 5.54 Å². The number of aliphatic hydroxyl groups excluding tert-OH is 1. The lowest BCUT2D eigenvalue weighted by Crippen LogP contribution is -2.42. The van der Waals surface area contributed by atoms with E-state index in [0.717, 1.165) is 5.56 Å². The number of aromatic nitrogens is 4. The van der Waals surface area contributed by atoms with Crippen LogP contribution in [0.15, 0.2) is 31.0 Å². The Balaban J connectivity index is 2.14. The Morgan fingerprint density at radius 3 is 2.82 bits per heavy atom. The third-order valence-electron chi connectivity index (χ3n) is 2.43. The van der Waals surface area contributed by atoms with Gasteiger partial charge >= 0.3 is 0 Å². The maximum atomic E-state index is 9.09. The largest absolute Gasteiger partial charge is 0.394 e. The third-order valence-corrected chi connectivity index (χ3v) is 2.43. The average molecular weight is 233 g/mol. The lowest BCUT2D eigenvalue weighted by Gasteiger charge is -2.21. The number of pyridine rings is 1. The van der Waals surface area contributed by atoms with Crippen LogP contribution in [0.5, 0.6) is 0 Å². The van der Waals surface area contributed by atoms with Gasteiger partial charge in [0.2, 0.25) is 0 Å². The SMILES string of the molecule is CC(N)(CO)Cc1ccc(-n2cncn2)nc1. The fourth-order valence-corrected chi connectivity index (χ4v) is 1.51. The van der Waals surface area contributed by atoms with Crippen molar-refractivity contribution in [2.45, 2.75) is 18.9 Å². The number of hydrogen-bond donors (Lipinski definition) is 2. The highest BCUT2D eigenvalue weighted by Gasteiger charge is 2.17. The molecule has 0 saturated heterocycles. The van der Waals surface area contributed by atoms with E-state index in [1.54, 1.807) is 24.1 Å². The van der Waals surface area contributed by atoms with Crippen molar-refractivity contribution in [1.82, 2.24) is 19.7 Å². The molecule has 1 unspecified atom stereocenters. The van der Waals surface area contributed by atoms with Crippen LogP contribution in [0.2, 0.25) is 0 Å². The minimum atomic E-state index is -0.615. The molecule has 0 fully saturated rings. The zero-order chi connectivity index (χ0) is 12.3. The van der Waals surface area contributed by atoms with E-state index in [0.29, 0.717) is 12.2 Å². The van der Waals surface area contributed by atoms with Crippen LogP contribution in [0, 0.1) is 0 Å². The summed E-state index contributed by atoms with van der Waals surface area (Å²) in [7, 11) is 0. The lowest BCUT2D eigenvalue weighted by molar-refractivity contribution is 0.208. The second-order valence-corrected chi connectivity index (χ2v) is 4.35. The first-order valence-corrected chi connectivity index (χ1v) is 5.30. The molecule has 6 nitrogen and oxygen atoms in total. The Bertz CT molecular complexity index is 463. The summed E-state index contributed by atoms with van der Waals surface area (Å²) < 4.78 is 1.58. The predicted molar refractivity (Wildman–Crippen MR) is 62.5 cm³/mol. The highest BCUT2D eigenvalue weighted by molar-refractivity contribution is 5.24. The fourth-order valence-electron chi connectivity index (χ4n) is 1.51. The molecule has 2 heterocycles. The maximum Gasteiger partial charge on any atom is 0.155 e. The van der Waals surface area contributed by atoms with E-state index >= 15 is 0 Å². The van der Waals surface area contributed by atoms with Crippen molar-refractivity contribution >= 4 is 0 Å². The summed E-state index contributed by atoms with van der Waals surface area (Å²) in [5.41, 5.74) is 6.24. The van der Waals surface area contributed by atoms with Crippen molar-refractivity contribution in [1.29, 1.82) is 0 Å². The second kappa shape index (κ2) is 4.60. The van der Waals surface area contributed by atoms with E-state index in [4.69, 9.17) is 10.8 Å². The zero-order valence-corrected chi connectivity index (χ0v) is 9.61. The highest BCUT2D eigenvalue weighted by Crippen LogP contribution is 2.10. The molecule has 0 aliphatic carbocycles. The van der Waals surface area contributed by atoms with Crippen LogP contribution in [0.4, 0.5) is 0 Å². The van der Waals surface area contributed by atoms with E-state index in [2.05, 4.69) is 15.1 Å². The Morgan fingerprint density at radius 2 is 2.29 bits per heavy atom. The molecule has 0 spiro atoms. The van der Waals surface area contributed by atoms with E-state index in [-0.39, 0.29) is 6.61 Å². The normalized spacial score (nSPS) is 14.5. The average Bonchev–Trinajstić information content (AvgIpc) is 2.83. The standard InChI is InChI=1S/C11H15N5O/c1-11(12,6-17)4-9-2-3-10(14-5-9)16-8-13-7-15-16/h2-3,5,7-8,17H,4,6,12H2,1H3. The molecule has 17 heavy (non-hydrogen) atoms. The van der Waals surface area contributed by atoms with Gasteiger partial charge in [-0.1, -0.05) is 6.07 Å². The molecule has 0 aliphatic heterocycles. The molecular formula is C11H15N5O.